The average molecular weight is 380 g/mol. The van der Waals surface area contributed by atoms with Crippen LogP contribution in [0.4, 0.5) is 11.5 Å². The van der Waals surface area contributed by atoms with E-state index in [1.807, 2.05) is 43.0 Å². The number of rotatable bonds is 7. The van der Waals surface area contributed by atoms with Crippen LogP contribution in [0.15, 0.2) is 42.5 Å². The van der Waals surface area contributed by atoms with Crippen LogP contribution in [0.3, 0.4) is 0 Å². The van der Waals surface area contributed by atoms with Gasteiger partial charge in [0, 0.05) is 24.8 Å². The fraction of sp³-hybridized carbons (Fsp3) is 0.286. The molecule has 3 rings (SSSR count). The Hall–Kier alpha value is -3.35. The quantitative estimate of drug-likeness (QED) is 0.673. The Morgan fingerprint density at radius 1 is 0.964 bits per heavy atom. The van der Waals surface area contributed by atoms with Crippen LogP contribution in [-0.2, 0) is 0 Å². The van der Waals surface area contributed by atoms with Gasteiger partial charge in [-0.05, 0) is 38.1 Å². The molecular weight excluding hydrogens is 356 g/mol. The minimum Gasteiger partial charge on any atom is -0.493 e. The van der Waals surface area contributed by atoms with Gasteiger partial charge in [0.05, 0.1) is 25.3 Å². The van der Waals surface area contributed by atoms with Crippen LogP contribution < -0.4 is 19.7 Å². The summed E-state index contributed by atoms with van der Waals surface area (Å²) in [4.78, 5) is 24.4. The highest BCUT2D eigenvalue weighted by Gasteiger charge is 2.20. The highest BCUT2D eigenvalue weighted by atomic mass is 16.5. The van der Waals surface area contributed by atoms with E-state index in [1.54, 1.807) is 32.4 Å². The fourth-order valence-corrected chi connectivity index (χ4v) is 2.99. The van der Waals surface area contributed by atoms with Crippen LogP contribution in [0.2, 0.25) is 0 Å². The molecule has 0 bridgehead atoms. The van der Waals surface area contributed by atoms with Crippen LogP contribution in [0.5, 0.6) is 11.5 Å². The SMILES string of the molecule is CCN(CC)c1nc2ccccc2nc1C(=O)Nc1ccc(OC)c(OC)c1. The molecule has 1 N–H and O–H groups in total. The number of para-hydroxylation sites is 2. The predicted molar refractivity (Wildman–Crippen MR) is 111 cm³/mol. The third-order valence-electron chi connectivity index (χ3n) is 4.47. The maximum absolute atomic E-state index is 13.1. The molecule has 0 spiro atoms. The molecule has 0 aliphatic carbocycles. The van der Waals surface area contributed by atoms with E-state index in [2.05, 4.69) is 10.3 Å². The van der Waals surface area contributed by atoms with Crippen molar-refractivity contribution in [3.05, 3.63) is 48.2 Å². The summed E-state index contributed by atoms with van der Waals surface area (Å²) in [6.07, 6.45) is 0. The van der Waals surface area contributed by atoms with Crippen LogP contribution in [0.1, 0.15) is 24.3 Å². The minimum absolute atomic E-state index is 0.289. The summed E-state index contributed by atoms with van der Waals surface area (Å²) in [6.45, 7) is 5.49. The first kappa shape index (κ1) is 19.4. The highest BCUT2D eigenvalue weighted by Crippen LogP contribution is 2.30. The van der Waals surface area contributed by atoms with Gasteiger partial charge in [-0.1, -0.05) is 12.1 Å². The number of carbonyl (C=O) groups is 1. The third kappa shape index (κ3) is 3.83. The van der Waals surface area contributed by atoms with E-state index >= 15 is 0 Å². The van der Waals surface area contributed by atoms with Crippen LogP contribution in [-0.4, -0.2) is 43.2 Å². The van der Waals surface area contributed by atoms with E-state index in [0.29, 0.717) is 28.5 Å². The minimum atomic E-state index is -0.327. The number of hydrogen-bond donors (Lipinski definition) is 1. The number of benzene rings is 2. The molecule has 146 valence electrons. The Balaban J connectivity index is 2.01. The number of nitrogens with one attached hydrogen (secondary N) is 1. The van der Waals surface area contributed by atoms with Crippen molar-refractivity contribution in [1.82, 2.24) is 9.97 Å². The van der Waals surface area contributed by atoms with Gasteiger partial charge in [-0.3, -0.25) is 4.79 Å². The molecular formula is C21H24N4O3. The maximum atomic E-state index is 13.1. The molecule has 0 saturated heterocycles. The molecule has 28 heavy (non-hydrogen) atoms. The van der Waals surface area contributed by atoms with E-state index in [0.717, 1.165) is 18.6 Å². The molecule has 7 heteroatoms. The lowest BCUT2D eigenvalue weighted by Crippen LogP contribution is -2.27. The van der Waals surface area contributed by atoms with Crippen molar-refractivity contribution in [2.75, 3.05) is 37.5 Å². The Bertz CT molecular complexity index is 987. The third-order valence-corrected chi connectivity index (χ3v) is 4.47. The van der Waals surface area contributed by atoms with Crippen molar-refractivity contribution in [2.24, 2.45) is 0 Å². The zero-order valence-electron chi connectivity index (χ0n) is 16.5. The predicted octanol–water partition coefficient (Wildman–Crippen LogP) is 3.75. The number of methoxy groups -OCH3 is 2. The first-order chi connectivity index (χ1) is 13.6. The topological polar surface area (TPSA) is 76.6 Å². The summed E-state index contributed by atoms with van der Waals surface area (Å²) in [5.74, 6) is 1.37. The molecule has 0 saturated carbocycles. The van der Waals surface area contributed by atoms with Crippen LogP contribution in [0, 0.1) is 0 Å². The van der Waals surface area contributed by atoms with Crippen LogP contribution >= 0.6 is 0 Å². The van der Waals surface area contributed by atoms with Crippen molar-refractivity contribution in [3.8, 4) is 11.5 Å². The molecule has 0 atom stereocenters. The molecule has 2 aromatic carbocycles. The van der Waals surface area contributed by atoms with Crippen molar-refractivity contribution >= 4 is 28.4 Å². The number of carbonyl (C=O) groups excluding carboxylic acids is 1. The smallest absolute Gasteiger partial charge is 0.278 e. The second-order valence-electron chi connectivity index (χ2n) is 6.08. The van der Waals surface area contributed by atoms with Gasteiger partial charge in [0.1, 0.15) is 0 Å². The number of amides is 1. The number of fused-ring (bicyclic) bond motifs is 1. The zero-order valence-corrected chi connectivity index (χ0v) is 16.5. The van der Waals surface area contributed by atoms with Gasteiger partial charge in [-0.25, -0.2) is 9.97 Å². The Labute approximate surface area is 164 Å². The average Bonchev–Trinajstić information content (AvgIpc) is 2.73. The number of nitrogens with zero attached hydrogens (tertiary/aromatic N) is 3. The van der Waals surface area contributed by atoms with E-state index < -0.39 is 0 Å². The monoisotopic (exact) mass is 380 g/mol. The number of anilines is 2. The lowest BCUT2D eigenvalue weighted by atomic mass is 10.2. The molecule has 3 aromatic rings. The van der Waals surface area contributed by atoms with Gasteiger partial charge in [-0.15, -0.1) is 0 Å². The van der Waals surface area contributed by atoms with Gasteiger partial charge >= 0.3 is 0 Å². The molecule has 0 radical (unpaired) electrons. The maximum Gasteiger partial charge on any atom is 0.278 e. The largest absolute Gasteiger partial charge is 0.493 e. The molecule has 0 aliphatic rings. The van der Waals surface area contributed by atoms with E-state index in [4.69, 9.17) is 14.5 Å². The van der Waals surface area contributed by atoms with E-state index in [1.165, 1.54) is 0 Å². The van der Waals surface area contributed by atoms with Crippen molar-refractivity contribution in [2.45, 2.75) is 13.8 Å². The molecule has 0 fully saturated rings. The summed E-state index contributed by atoms with van der Waals surface area (Å²) >= 11 is 0. The Kier molecular flexibility index (Phi) is 5.93. The van der Waals surface area contributed by atoms with Gasteiger partial charge in [-0.2, -0.15) is 0 Å². The second-order valence-corrected chi connectivity index (χ2v) is 6.08. The van der Waals surface area contributed by atoms with Crippen molar-refractivity contribution in [3.63, 3.8) is 0 Å². The standard InChI is InChI=1S/C21H24N4O3/c1-5-25(6-2)20-19(23-15-9-7-8-10-16(15)24-20)21(26)22-14-11-12-17(27-3)18(13-14)28-4/h7-13H,5-6H2,1-4H3,(H,22,26). The molecule has 1 amide bonds. The lowest BCUT2D eigenvalue weighted by Gasteiger charge is -2.22. The van der Waals surface area contributed by atoms with E-state index in [9.17, 15) is 4.79 Å². The van der Waals surface area contributed by atoms with Crippen LogP contribution in [0.25, 0.3) is 11.0 Å². The number of aromatic nitrogens is 2. The first-order valence-electron chi connectivity index (χ1n) is 9.16. The van der Waals surface area contributed by atoms with Gasteiger partial charge in [0.15, 0.2) is 23.0 Å². The second kappa shape index (κ2) is 8.56. The van der Waals surface area contributed by atoms with E-state index in [-0.39, 0.29) is 11.6 Å². The number of ether oxygens (including phenoxy) is 2. The summed E-state index contributed by atoms with van der Waals surface area (Å²) in [7, 11) is 3.12. The zero-order chi connectivity index (χ0) is 20.1. The Morgan fingerprint density at radius 3 is 2.21 bits per heavy atom. The first-order valence-corrected chi connectivity index (χ1v) is 9.16. The normalized spacial score (nSPS) is 10.6. The lowest BCUT2D eigenvalue weighted by molar-refractivity contribution is 0.102. The molecule has 0 unspecified atom stereocenters. The number of hydrogen-bond acceptors (Lipinski definition) is 6. The molecule has 7 nitrogen and oxygen atoms in total. The summed E-state index contributed by atoms with van der Waals surface area (Å²) < 4.78 is 10.5. The molecule has 1 heterocycles. The van der Waals surface area contributed by atoms with Gasteiger partial charge in [0.2, 0.25) is 0 Å². The molecule has 1 aromatic heterocycles. The highest BCUT2D eigenvalue weighted by molar-refractivity contribution is 6.07. The van der Waals surface area contributed by atoms with Gasteiger partial charge < -0.3 is 19.7 Å². The molecule has 0 aliphatic heterocycles. The summed E-state index contributed by atoms with van der Waals surface area (Å²) in [6, 6.07) is 12.7. The summed E-state index contributed by atoms with van der Waals surface area (Å²) in [5.41, 5.74) is 2.31. The van der Waals surface area contributed by atoms with Gasteiger partial charge in [0.25, 0.3) is 5.91 Å². The summed E-state index contributed by atoms with van der Waals surface area (Å²) in [5, 5.41) is 2.89. The van der Waals surface area contributed by atoms with Crippen molar-refractivity contribution in [1.29, 1.82) is 0 Å². The Morgan fingerprint density at radius 2 is 1.61 bits per heavy atom. The fourth-order valence-electron chi connectivity index (χ4n) is 2.99. The van der Waals surface area contributed by atoms with Crippen molar-refractivity contribution < 1.29 is 14.3 Å².